The minimum atomic E-state index is 0.676. The zero-order valence-corrected chi connectivity index (χ0v) is 11.4. The van der Waals surface area contributed by atoms with Gasteiger partial charge in [-0.25, -0.2) is 0 Å². The second-order valence-corrected chi connectivity index (χ2v) is 5.55. The lowest BCUT2D eigenvalue weighted by Crippen LogP contribution is -2.15. The molecule has 0 bridgehead atoms. The molecule has 0 saturated carbocycles. The molecule has 3 heteroatoms. The van der Waals surface area contributed by atoms with Crippen LogP contribution in [0.1, 0.15) is 18.9 Å². The summed E-state index contributed by atoms with van der Waals surface area (Å²) in [5.74, 6) is 3.02. The summed E-state index contributed by atoms with van der Waals surface area (Å²) in [5, 5.41) is 0.811. The van der Waals surface area contributed by atoms with Crippen LogP contribution in [0.15, 0.2) is 24.3 Å². The molecule has 2 N–H and O–H groups in total. The van der Waals surface area contributed by atoms with E-state index in [2.05, 4.69) is 19.1 Å². The van der Waals surface area contributed by atoms with Gasteiger partial charge >= 0.3 is 0 Å². The first-order valence-corrected chi connectivity index (χ1v) is 7.31. The Morgan fingerprint density at radius 1 is 1.31 bits per heavy atom. The third-order valence-electron chi connectivity index (χ3n) is 2.71. The highest BCUT2D eigenvalue weighted by Gasteiger charge is 2.03. The molecule has 0 aliphatic rings. The molecule has 0 aliphatic heterocycles. The summed E-state index contributed by atoms with van der Waals surface area (Å²) in [7, 11) is 0. The molecule has 1 rings (SSSR count). The van der Waals surface area contributed by atoms with E-state index in [-0.39, 0.29) is 0 Å². The number of halogens is 1. The van der Waals surface area contributed by atoms with Gasteiger partial charge in [-0.2, -0.15) is 11.8 Å². The van der Waals surface area contributed by atoms with Crippen LogP contribution in [0.3, 0.4) is 0 Å². The van der Waals surface area contributed by atoms with E-state index >= 15 is 0 Å². The first-order valence-electron chi connectivity index (χ1n) is 5.78. The normalized spacial score (nSPS) is 12.7. The zero-order valence-electron chi connectivity index (χ0n) is 9.79. The molecule has 1 aromatic rings. The van der Waals surface area contributed by atoms with Crippen molar-refractivity contribution in [3.8, 4) is 0 Å². The molecule has 0 aliphatic carbocycles. The van der Waals surface area contributed by atoms with Crippen molar-refractivity contribution < 1.29 is 0 Å². The monoisotopic (exact) mass is 257 g/mol. The minimum absolute atomic E-state index is 0.676. The number of aryl methyl sites for hydroxylation is 1. The fourth-order valence-corrected chi connectivity index (χ4v) is 2.82. The SMILES string of the molecule is CCC(CN)CSCCc1ccc(Cl)cc1. The van der Waals surface area contributed by atoms with E-state index in [1.165, 1.54) is 17.7 Å². The molecule has 1 unspecified atom stereocenters. The number of benzene rings is 1. The van der Waals surface area contributed by atoms with Crippen LogP contribution in [0, 0.1) is 5.92 Å². The van der Waals surface area contributed by atoms with Crippen molar-refractivity contribution in [1.29, 1.82) is 0 Å². The van der Waals surface area contributed by atoms with Gasteiger partial charge in [0.1, 0.15) is 0 Å². The van der Waals surface area contributed by atoms with Crippen LogP contribution >= 0.6 is 23.4 Å². The average molecular weight is 258 g/mol. The predicted molar refractivity (Wildman–Crippen MR) is 75.3 cm³/mol. The van der Waals surface area contributed by atoms with Gasteiger partial charge in [0.05, 0.1) is 0 Å². The van der Waals surface area contributed by atoms with Crippen LogP contribution in [0.5, 0.6) is 0 Å². The quantitative estimate of drug-likeness (QED) is 0.756. The first kappa shape index (κ1) is 13.9. The fraction of sp³-hybridized carbons (Fsp3) is 0.538. The van der Waals surface area contributed by atoms with Crippen LogP contribution < -0.4 is 5.73 Å². The minimum Gasteiger partial charge on any atom is -0.330 e. The van der Waals surface area contributed by atoms with Crippen molar-refractivity contribution in [3.05, 3.63) is 34.9 Å². The summed E-state index contributed by atoms with van der Waals surface area (Å²) in [5.41, 5.74) is 7.02. The lowest BCUT2D eigenvalue weighted by Gasteiger charge is -2.11. The third-order valence-corrected chi connectivity index (χ3v) is 4.16. The molecule has 0 heterocycles. The van der Waals surface area contributed by atoms with Gasteiger partial charge < -0.3 is 5.73 Å². The van der Waals surface area contributed by atoms with Crippen molar-refractivity contribution >= 4 is 23.4 Å². The smallest absolute Gasteiger partial charge is 0.0406 e. The maximum atomic E-state index is 5.83. The lowest BCUT2D eigenvalue weighted by molar-refractivity contribution is 0.585. The molecule has 0 radical (unpaired) electrons. The summed E-state index contributed by atoms with van der Waals surface area (Å²) in [6.07, 6.45) is 2.30. The molecule has 1 aromatic carbocycles. The van der Waals surface area contributed by atoms with Crippen molar-refractivity contribution in [3.63, 3.8) is 0 Å². The third kappa shape index (κ3) is 5.24. The Hall–Kier alpha value is -0.180. The topological polar surface area (TPSA) is 26.0 Å². The number of hydrogen-bond donors (Lipinski definition) is 1. The standard InChI is InChI=1S/C13H20ClNS/c1-2-11(9-15)10-16-8-7-12-3-5-13(14)6-4-12/h3-6,11H,2,7-10,15H2,1H3. The highest BCUT2D eigenvalue weighted by atomic mass is 35.5. The number of thioether (sulfide) groups is 1. The Bertz CT molecular complexity index is 282. The number of nitrogens with two attached hydrogens (primary N) is 1. The van der Waals surface area contributed by atoms with Gasteiger partial charge in [0.2, 0.25) is 0 Å². The molecule has 90 valence electrons. The van der Waals surface area contributed by atoms with Crippen LogP contribution in [0.25, 0.3) is 0 Å². The van der Waals surface area contributed by atoms with Gasteiger partial charge in [-0.1, -0.05) is 37.1 Å². The Morgan fingerprint density at radius 3 is 2.56 bits per heavy atom. The summed E-state index contributed by atoms with van der Waals surface area (Å²) in [6, 6.07) is 8.11. The Kier molecular flexibility index (Phi) is 6.93. The molecule has 1 nitrogen and oxygen atoms in total. The van der Waals surface area contributed by atoms with Crippen LogP contribution in [-0.4, -0.2) is 18.1 Å². The van der Waals surface area contributed by atoms with Crippen LogP contribution in [0.2, 0.25) is 5.02 Å². The molecule has 0 aromatic heterocycles. The van der Waals surface area contributed by atoms with Crippen molar-refractivity contribution in [2.24, 2.45) is 11.7 Å². The molecule has 0 saturated heterocycles. The number of hydrogen-bond acceptors (Lipinski definition) is 2. The molecular formula is C13H20ClNS. The second-order valence-electron chi connectivity index (χ2n) is 3.96. The Balaban J connectivity index is 2.18. The van der Waals surface area contributed by atoms with E-state index < -0.39 is 0 Å². The van der Waals surface area contributed by atoms with E-state index in [0.29, 0.717) is 5.92 Å². The van der Waals surface area contributed by atoms with E-state index in [0.717, 1.165) is 23.7 Å². The second kappa shape index (κ2) is 7.99. The fourth-order valence-electron chi connectivity index (χ4n) is 1.44. The van der Waals surface area contributed by atoms with Crippen LogP contribution in [0.4, 0.5) is 0 Å². The summed E-state index contributed by atoms with van der Waals surface area (Å²) < 4.78 is 0. The van der Waals surface area contributed by atoms with Crippen molar-refractivity contribution in [1.82, 2.24) is 0 Å². The highest BCUT2D eigenvalue weighted by Crippen LogP contribution is 2.14. The summed E-state index contributed by atoms with van der Waals surface area (Å²) in [4.78, 5) is 0. The van der Waals surface area contributed by atoms with Crippen LogP contribution in [-0.2, 0) is 6.42 Å². The molecule has 0 amide bonds. The molecular weight excluding hydrogens is 238 g/mol. The summed E-state index contributed by atoms with van der Waals surface area (Å²) in [6.45, 7) is 3.02. The maximum Gasteiger partial charge on any atom is 0.0406 e. The lowest BCUT2D eigenvalue weighted by atomic mass is 10.1. The van der Waals surface area contributed by atoms with Gasteiger partial charge in [0.25, 0.3) is 0 Å². The zero-order chi connectivity index (χ0) is 11.8. The Labute approximate surface area is 108 Å². The molecule has 16 heavy (non-hydrogen) atoms. The van der Waals surface area contributed by atoms with E-state index in [4.69, 9.17) is 17.3 Å². The van der Waals surface area contributed by atoms with E-state index in [9.17, 15) is 0 Å². The van der Waals surface area contributed by atoms with Gasteiger partial charge in [-0.15, -0.1) is 0 Å². The largest absolute Gasteiger partial charge is 0.330 e. The first-order chi connectivity index (χ1) is 7.76. The van der Waals surface area contributed by atoms with Gasteiger partial charge in [-0.3, -0.25) is 0 Å². The Morgan fingerprint density at radius 2 is 2.00 bits per heavy atom. The van der Waals surface area contributed by atoms with E-state index in [1.807, 2.05) is 23.9 Å². The number of rotatable bonds is 7. The van der Waals surface area contributed by atoms with Crippen molar-refractivity contribution in [2.75, 3.05) is 18.1 Å². The van der Waals surface area contributed by atoms with Crippen molar-refractivity contribution in [2.45, 2.75) is 19.8 Å². The maximum absolute atomic E-state index is 5.83. The summed E-state index contributed by atoms with van der Waals surface area (Å²) >= 11 is 7.83. The molecule has 0 spiro atoms. The van der Waals surface area contributed by atoms with Gasteiger partial charge in [0, 0.05) is 5.02 Å². The molecule has 0 fully saturated rings. The van der Waals surface area contributed by atoms with Gasteiger partial charge in [-0.05, 0) is 48.1 Å². The van der Waals surface area contributed by atoms with E-state index in [1.54, 1.807) is 0 Å². The molecule has 1 atom stereocenters. The van der Waals surface area contributed by atoms with Gasteiger partial charge in [0.15, 0.2) is 0 Å². The average Bonchev–Trinajstić information content (AvgIpc) is 2.32. The highest BCUT2D eigenvalue weighted by molar-refractivity contribution is 7.99. The predicted octanol–water partition coefficient (Wildman–Crippen LogP) is 3.60.